The Bertz CT molecular complexity index is 1600. The zero-order valence-corrected chi connectivity index (χ0v) is 22.6. The summed E-state index contributed by atoms with van der Waals surface area (Å²) >= 11 is 5.74. The van der Waals surface area contributed by atoms with Crippen LogP contribution in [0.2, 0.25) is 5.02 Å². The zero-order chi connectivity index (χ0) is 30.7. The molecule has 0 aliphatic rings. The number of aliphatic carboxylic acids is 1. The first-order valence-corrected chi connectivity index (χ1v) is 13.2. The molecular weight excluding hydrogens is 584 g/mol. The van der Waals surface area contributed by atoms with Gasteiger partial charge >= 0.3 is 18.3 Å². The van der Waals surface area contributed by atoms with Crippen molar-refractivity contribution in [1.82, 2.24) is 5.32 Å². The molecule has 42 heavy (non-hydrogen) atoms. The lowest BCUT2D eigenvalue weighted by Gasteiger charge is -2.20. The molecule has 1 unspecified atom stereocenters. The number of hydrogen-bond donors (Lipinski definition) is 2. The Labute approximate surface area is 241 Å². The van der Waals surface area contributed by atoms with Gasteiger partial charge in [0.05, 0.1) is 17.0 Å². The Morgan fingerprint density at radius 1 is 0.786 bits per heavy atom. The average molecular weight is 608 g/mol. The topological polar surface area (TPSA) is 66.4 Å². The van der Waals surface area contributed by atoms with Crippen LogP contribution in [0.1, 0.15) is 52.2 Å². The number of nitrogens with one attached hydrogen (secondary N) is 1. The minimum Gasteiger partial charge on any atom is -0.481 e. The quantitative estimate of drug-likeness (QED) is 0.187. The molecule has 4 aromatic rings. The predicted octanol–water partition coefficient (Wildman–Crippen LogP) is 8.86. The zero-order valence-electron chi connectivity index (χ0n) is 21.8. The second kappa shape index (κ2) is 12.4. The first-order valence-electron chi connectivity index (χ1n) is 12.8. The maximum atomic E-state index is 13.3. The highest BCUT2D eigenvalue weighted by Gasteiger charge is 2.33. The van der Waals surface area contributed by atoms with E-state index in [0.717, 1.165) is 6.07 Å². The van der Waals surface area contributed by atoms with E-state index in [1.54, 1.807) is 48.5 Å². The maximum Gasteiger partial charge on any atom is 0.417 e. The fourth-order valence-electron chi connectivity index (χ4n) is 4.67. The van der Waals surface area contributed by atoms with E-state index >= 15 is 0 Å². The molecule has 0 aliphatic carbocycles. The number of halogens is 7. The van der Waals surface area contributed by atoms with Gasteiger partial charge in [0.2, 0.25) is 0 Å². The maximum absolute atomic E-state index is 13.3. The fraction of sp³-hybridized carbons (Fsp3) is 0.226. The van der Waals surface area contributed by atoms with E-state index in [0.29, 0.717) is 33.0 Å². The number of carbonyl (C=O) groups excluding carboxylic acids is 1. The molecule has 4 aromatic carbocycles. The van der Waals surface area contributed by atoms with Crippen LogP contribution in [0.5, 0.6) is 0 Å². The van der Waals surface area contributed by atoms with Crippen molar-refractivity contribution in [3.63, 3.8) is 0 Å². The van der Waals surface area contributed by atoms with Crippen molar-refractivity contribution in [3.05, 3.63) is 106 Å². The highest BCUT2D eigenvalue weighted by molar-refractivity contribution is 6.31. The van der Waals surface area contributed by atoms with Gasteiger partial charge in [-0.05, 0) is 69.8 Å². The van der Waals surface area contributed by atoms with Crippen LogP contribution in [0.4, 0.5) is 26.3 Å². The Kier molecular flexibility index (Phi) is 9.15. The second-order valence-corrected chi connectivity index (χ2v) is 10.1. The molecule has 0 fully saturated rings. The number of carbonyl (C=O) groups is 2. The van der Waals surface area contributed by atoms with E-state index in [1.165, 1.54) is 24.3 Å². The van der Waals surface area contributed by atoms with Crippen molar-refractivity contribution in [2.24, 2.45) is 0 Å². The predicted molar refractivity (Wildman–Crippen MR) is 148 cm³/mol. The summed E-state index contributed by atoms with van der Waals surface area (Å²) in [7, 11) is 0. The van der Waals surface area contributed by atoms with E-state index in [1.807, 2.05) is 0 Å². The van der Waals surface area contributed by atoms with Crippen molar-refractivity contribution < 1.29 is 41.0 Å². The molecular formula is C31H24ClF6NO3. The van der Waals surface area contributed by atoms with Gasteiger partial charge in [-0.1, -0.05) is 60.1 Å². The number of carboxylic acids is 1. The molecule has 0 aromatic heterocycles. The number of alkyl halides is 6. The Balaban J connectivity index is 1.63. The molecule has 11 heteroatoms. The van der Waals surface area contributed by atoms with E-state index in [9.17, 15) is 35.9 Å². The molecule has 0 saturated carbocycles. The third-order valence-corrected chi connectivity index (χ3v) is 7.12. The first-order chi connectivity index (χ1) is 19.7. The highest BCUT2D eigenvalue weighted by Crippen LogP contribution is 2.39. The van der Waals surface area contributed by atoms with Crippen LogP contribution >= 0.6 is 11.6 Å². The molecule has 0 aliphatic heterocycles. The third-order valence-electron chi connectivity index (χ3n) is 6.79. The summed E-state index contributed by atoms with van der Waals surface area (Å²) < 4.78 is 79.6. The summed E-state index contributed by atoms with van der Waals surface area (Å²) in [5.74, 6) is -2.23. The van der Waals surface area contributed by atoms with Crippen molar-refractivity contribution in [3.8, 4) is 11.1 Å². The number of amides is 1. The summed E-state index contributed by atoms with van der Waals surface area (Å²) in [4.78, 5) is 22.9. The van der Waals surface area contributed by atoms with Gasteiger partial charge in [-0.25, -0.2) is 0 Å². The molecule has 0 saturated heterocycles. The lowest BCUT2D eigenvalue weighted by molar-refractivity contribution is -0.138. The molecule has 1 atom stereocenters. The number of hydrogen-bond acceptors (Lipinski definition) is 2. The highest BCUT2D eigenvalue weighted by atomic mass is 35.5. The van der Waals surface area contributed by atoms with Crippen LogP contribution in [-0.4, -0.2) is 29.7 Å². The largest absolute Gasteiger partial charge is 0.481 e. The van der Waals surface area contributed by atoms with E-state index in [-0.39, 0.29) is 24.9 Å². The van der Waals surface area contributed by atoms with Gasteiger partial charge in [0.1, 0.15) is 0 Å². The fourth-order valence-corrected chi connectivity index (χ4v) is 4.89. The van der Waals surface area contributed by atoms with Gasteiger partial charge in [0.15, 0.2) is 0 Å². The molecule has 0 heterocycles. The molecule has 4 nitrogen and oxygen atoms in total. The third kappa shape index (κ3) is 7.82. The van der Waals surface area contributed by atoms with E-state index < -0.39 is 47.2 Å². The monoisotopic (exact) mass is 607 g/mol. The number of carboxylic acid groups (broad SMARTS) is 1. The lowest BCUT2D eigenvalue weighted by Crippen LogP contribution is -2.25. The van der Waals surface area contributed by atoms with Crippen molar-refractivity contribution >= 4 is 34.2 Å². The smallest absolute Gasteiger partial charge is 0.417 e. The molecule has 4 rings (SSSR count). The molecule has 0 radical (unpaired) electrons. The molecule has 0 bridgehead atoms. The number of benzene rings is 4. The summed E-state index contributed by atoms with van der Waals surface area (Å²) in [5, 5.41) is 12.2. The van der Waals surface area contributed by atoms with Crippen LogP contribution in [0.15, 0.2) is 78.9 Å². The van der Waals surface area contributed by atoms with Crippen LogP contribution in [0.25, 0.3) is 21.9 Å². The Morgan fingerprint density at radius 2 is 1.38 bits per heavy atom. The van der Waals surface area contributed by atoms with Gasteiger partial charge in [-0.3, -0.25) is 9.59 Å². The van der Waals surface area contributed by atoms with Crippen molar-refractivity contribution in [1.29, 1.82) is 0 Å². The standard InChI is InChI=1S/C31H24ClF6NO3/c32-27-10-9-23(17-26(27)31(36,37)38)21-5-6-22-16-24(8-7-20(22)15-21)25(11-13-30(33,34)35)18-1-3-19(4-2-18)29(42)39-14-12-28(40)41/h1-10,15-17,25H,11-14H2,(H,39,42)(H,40,41). The van der Waals surface area contributed by atoms with Gasteiger partial charge < -0.3 is 10.4 Å². The van der Waals surface area contributed by atoms with Crippen LogP contribution in [0.3, 0.4) is 0 Å². The van der Waals surface area contributed by atoms with E-state index in [2.05, 4.69) is 5.32 Å². The Morgan fingerprint density at radius 3 is 2.02 bits per heavy atom. The normalized spacial score (nSPS) is 12.7. The van der Waals surface area contributed by atoms with Gasteiger partial charge in [0.25, 0.3) is 5.91 Å². The summed E-state index contributed by atoms with van der Waals surface area (Å²) in [6.07, 6.45) is -10.5. The summed E-state index contributed by atoms with van der Waals surface area (Å²) in [6, 6.07) is 19.9. The van der Waals surface area contributed by atoms with Gasteiger partial charge in [-0.15, -0.1) is 0 Å². The van der Waals surface area contributed by atoms with Crippen LogP contribution in [-0.2, 0) is 11.0 Å². The second-order valence-electron chi connectivity index (χ2n) is 9.74. The van der Waals surface area contributed by atoms with Crippen molar-refractivity contribution in [2.75, 3.05) is 6.54 Å². The van der Waals surface area contributed by atoms with Crippen LogP contribution in [0, 0.1) is 0 Å². The van der Waals surface area contributed by atoms with E-state index in [4.69, 9.17) is 16.7 Å². The number of fused-ring (bicyclic) bond motifs is 1. The van der Waals surface area contributed by atoms with Gasteiger partial charge in [0, 0.05) is 24.4 Å². The lowest BCUT2D eigenvalue weighted by atomic mass is 9.85. The average Bonchev–Trinajstić information content (AvgIpc) is 2.92. The minimum absolute atomic E-state index is 0.0650. The summed E-state index contributed by atoms with van der Waals surface area (Å²) in [6.45, 7) is -0.0650. The molecule has 0 spiro atoms. The molecule has 2 N–H and O–H groups in total. The minimum atomic E-state index is -4.62. The summed E-state index contributed by atoms with van der Waals surface area (Å²) in [5.41, 5.74) is 1.27. The van der Waals surface area contributed by atoms with Gasteiger partial charge in [-0.2, -0.15) is 26.3 Å². The first kappa shape index (κ1) is 30.9. The number of rotatable bonds is 9. The van der Waals surface area contributed by atoms with Crippen LogP contribution < -0.4 is 5.32 Å². The SMILES string of the molecule is O=C(O)CCNC(=O)c1ccc(C(CCC(F)(F)F)c2ccc3cc(-c4ccc(Cl)c(C(F)(F)F)c4)ccc3c2)cc1. The Hall–Kier alpha value is -4.05. The van der Waals surface area contributed by atoms with Crippen molar-refractivity contribution in [2.45, 2.75) is 37.5 Å². The molecule has 220 valence electrons. The molecule has 1 amide bonds.